The van der Waals surface area contributed by atoms with E-state index in [0.717, 1.165) is 19.3 Å². The third-order valence-corrected chi connectivity index (χ3v) is 3.37. The van der Waals surface area contributed by atoms with Crippen LogP contribution in [0.2, 0.25) is 0 Å². The lowest BCUT2D eigenvalue weighted by molar-refractivity contribution is -0.137. The van der Waals surface area contributed by atoms with Gasteiger partial charge in [0.15, 0.2) is 0 Å². The van der Waals surface area contributed by atoms with Crippen LogP contribution in [0.5, 0.6) is 5.75 Å². The lowest BCUT2D eigenvalue weighted by Crippen LogP contribution is -2.35. The molecule has 1 aliphatic carbocycles. The van der Waals surface area contributed by atoms with Crippen molar-refractivity contribution in [2.75, 3.05) is 13.2 Å². The van der Waals surface area contributed by atoms with Gasteiger partial charge in [0.05, 0.1) is 13.0 Å². The fourth-order valence-corrected chi connectivity index (χ4v) is 2.16. The van der Waals surface area contributed by atoms with Crippen LogP contribution in [0.4, 0.5) is 0 Å². The van der Waals surface area contributed by atoms with E-state index in [2.05, 4.69) is 0 Å². The molecule has 0 heterocycles. The van der Waals surface area contributed by atoms with Crippen LogP contribution in [0, 0.1) is 0 Å². The smallest absolute Gasteiger partial charge is 0.305 e. The van der Waals surface area contributed by atoms with Crippen molar-refractivity contribution in [3.05, 3.63) is 29.8 Å². The number of amides is 1. The number of carbonyl (C=O) groups is 2. The van der Waals surface area contributed by atoms with Crippen LogP contribution < -0.4 is 4.74 Å². The zero-order chi connectivity index (χ0) is 15.2. The number of aliphatic carboxylic acids is 1. The summed E-state index contributed by atoms with van der Waals surface area (Å²) in [6.07, 6.45) is 2.80. The van der Waals surface area contributed by atoms with Crippen molar-refractivity contribution in [3.63, 3.8) is 0 Å². The Morgan fingerprint density at radius 2 is 2.14 bits per heavy atom. The number of hydrogen-bond acceptors (Lipinski definition) is 3. The molecule has 1 N–H and O–H groups in total. The Morgan fingerprint density at radius 1 is 1.38 bits per heavy atom. The first-order chi connectivity index (χ1) is 10.1. The third-order valence-electron chi connectivity index (χ3n) is 3.37. The number of hydrogen-bond donors (Lipinski definition) is 1. The van der Waals surface area contributed by atoms with Gasteiger partial charge in [-0.3, -0.25) is 9.59 Å². The molecule has 0 saturated heterocycles. The zero-order valence-electron chi connectivity index (χ0n) is 12.2. The molecule has 114 valence electrons. The average molecular weight is 291 g/mol. The molecule has 21 heavy (non-hydrogen) atoms. The van der Waals surface area contributed by atoms with Crippen LogP contribution in [0.25, 0.3) is 0 Å². The van der Waals surface area contributed by atoms with E-state index in [1.807, 2.05) is 13.0 Å². The largest absolute Gasteiger partial charge is 0.494 e. The lowest BCUT2D eigenvalue weighted by atomic mass is 10.1. The molecule has 0 aliphatic heterocycles. The van der Waals surface area contributed by atoms with Crippen LogP contribution in [0.1, 0.15) is 43.0 Å². The minimum absolute atomic E-state index is 0.0196. The van der Waals surface area contributed by atoms with Crippen molar-refractivity contribution < 1.29 is 19.4 Å². The summed E-state index contributed by atoms with van der Waals surface area (Å²) in [5, 5.41) is 8.80. The molecule has 2 rings (SSSR count). The van der Waals surface area contributed by atoms with Gasteiger partial charge < -0.3 is 14.7 Å². The normalized spacial score (nSPS) is 13.8. The van der Waals surface area contributed by atoms with Gasteiger partial charge in [-0.1, -0.05) is 13.0 Å². The van der Waals surface area contributed by atoms with Crippen LogP contribution in [0.15, 0.2) is 24.3 Å². The van der Waals surface area contributed by atoms with E-state index in [1.165, 1.54) is 0 Å². The minimum Gasteiger partial charge on any atom is -0.494 e. The Hall–Kier alpha value is -2.04. The molecule has 5 nitrogen and oxygen atoms in total. The summed E-state index contributed by atoms with van der Waals surface area (Å²) in [5.74, 6) is -0.314. The molecule has 1 amide bonds. The molecule has 1 aromatic rings. The number of carboxylic acid groups (broad SMARTS) is 1. The van der Waals surface area contributed by atoms with Crippen molar-refractivity contribution in [1.82, 2.24) is 4.90 Å². The maximum Gasteiger partial charge on any atom is 0.305 e. The van der Waals surface area contributed by atoms with Crippen LogP contribution in [0.3, 0.4) is 0 Å². The number of nitrogens with zero attached hydrogens (tertiary/aromatic N) is 1. The van der Waals surface area contributed by atoms with Crippen LogP contribution in [-0.4, -0.2) is 41.1 Å². The summed E-state index contributed by atoms with van der Waals surface area (Å²) >= 11 is 0. The monoisotopic (exact) mass is 291 g/mol. The molecule has 0 radical (unpaired) electrons. The highest BCUT2D eigenvalue weighted by Crippen LogP contribution is 2.29. The van der Waals surface area contributed by atoms with Crippen LogP contribution in [-0.2, 0) is 4.79 Å². The number of carbonyl (C=O) groups excluding carboxylic acids is 1. The summed E-state index contributed by atoms with van der Waals surface area (Å²) < 4.78 is 5.54. The summed E-state index contributed by atoms with van der Waals surface area (Å²) in [6, 6.07) is 7.29. The second kappa shape index (κ2) is 7.11. The van der Waals surface area contributed by atoms with E-state index in [0.29, 0.717) is 17.9 Å². The molecule has 1 aromatic carbocycles. The van der Waals surface area contributed by atoms with Gasteiger partial charge in [0.25, 0.3) is 5.91 Å². The van der Waals surface area contributed by atoms with Crippen LogP contribution >= 0.6 is 0 Å². The van der Waals surface area contributed by atoms with Crippen molar-refractivity contribution in [2.45, 2.75) is 38.6 Å². The van der Waals surface area contributed by atoms with Gasteiger partial charge in [0, 0.05) is 18.2 Å². The minimum atomic E-state index is -0.881. The number of carboxylic acids is 1. The van der Waals surface area contributed by atoms with Gasteiger partial charge in [-0.25, -0.2) is 0 Å². The Labute approximate surface area is 124 Å². The van der Waals surface area contributed by atoms with Gasteiger partial charge in [-0.05, 0) is 37.5 Å². The molecule has 1 aliphatic rings. The average Bonchev–Trinajstić information content (AvgIpc) is 3.30. The Bertz CT molecular complexity index is 511. The quantitative estimate of drug-likeness (QED) is 0.799. The van der Waals surface area contributed by atoms with Gasteiger partial charge >= 0.3 is 5.97 Å². The molecule has 5 heteroatoms. The Morgan fingerprint density at radius 3 is 2.76 bits per heavy atom. The highest BCUT2D eigenvalue weighted by atomic mass is 16.5. The first kappa shape index (κ1) is 15.4. The first-order valence-electron chi connectivity index (χ1n) is 7.37. The predicted octanol–water partition coefficient (Wildman–Crippen LogP) is 2.55. The van der Waals surface area contributed by atoms with E-state index in [4.69, 9.17) is 9.84 Å². The predicted molar refractivity (Wildman–Crippen MR) is 78.5 cm³/mol. The van der Waals surface area contributed by atoms with Gasteiger partial charge in [0.1, 0.15) is 5.75 Å². The standard InChI is InChI=1S/C16H21NO4/c1-2-10-21-14-5-3-4-12(11-14)16(20)17(13-6-7-13)9-8-15(18)19/h3-5,11,13H,2,6-10H2,1H3,(H,18,19). The maximum absolute atomic E-state index is 12.5. The fraction of sp³-hybridized carbons (Fsp3) is 0.500. The second-order valence-electron chi connectivity index (χ2n) is 5.25. The van der Waals surface area contributed by atoms with E-state index < -0.39 is 5.97 Å². The molecule has 0 aromatic heterocycles. The fourth-order valence-electron chi connectivity index (χ4n) is 2.16. The zero-order valence-corrected chi connectivity index (χ0v) is 12.2. The Balaban J connectivity index is 2.07. The molecule has 0 atom stereocenters. The second-order valence-corrected chi connectivity index (χ2v) is 5.25. The molecule has 0 unspecified atom stereocenters. The topological polar surface area (TPSA) is 66.8 Å². The number of benzene rings is 1. The molecule has 1 fully saturated rings. The van der Waals surface area contributed by atoms with Gasteiger partial charge in [0.2, 0.25) is 0 Å². The molecule has 1 saturated carbocycles. The third kappa shape index (κ3) is 4.48. The molecule has 0 bridgehead atoms. The van der Waals surface area contributed by atoms with Gasteiger partial charge in [-0.2, -0.15) is 0 Å². The highest BCUT2D eigenvalue weighted by Gasteiger charge is 2.33. The SMILES string of the molecule is CCCOc1cccc(C(=O)N(CCC(=O)O)C2CC2)c1. The molecular formula is C16H21NO4. The molecular weight excluding hydrogens is 270 g/mol. The van der Waals surface area contributed by atoms with Crippen molar-refractivity contribution in [2.24, 2.45) is 0 Å². The lowest BCUT2D eigenvalue weighted by Gasteiger charge is -2.22. The van der Waals surface area contributed by atoms with E-state index in [-0.39, 0.29) is 24.9 Å². The Kier molecular flexibility index (Phi) is 5.20. The van der Waals surface area contributed by atoms with Crippen molar-refractivity contribution in [3.8, 4) is 5.75 Å². The first-order valence-corrected chi connectivity index (χ1v) is 7.37. The molecule has 0 spiro atoms. The number of ether oxygens (including phenoxy) is 1. The summed E-state index contributed by atoms with van der Waals surface area (Å²) in [5.41, 5.74) is 0.556. The number of rotatable bonds is 8. The van der Waals surface area contributed by atoms with Crippen molar-refractivity contribution >= 4 is 11.9 Å². The van der Waals surface area contributed by atoms with E-state index in [1.54, 1.807) is 23.1 Å². The summed E-state index contributed by atoms with van der Waals surface area (Å²) in [4.78, 5) is 24.9. The van der Waals surface area contributed by atoms with Crippen molar-refractivity contribution in [1.29, 1.82) is 0 Å². The van der Waals surface area contributed by atoms with E-state index in [9.17, 15) is 9.59 Å². The van der Waals surface area contributed by atoms with E-state index >= 15 is 0 Å². The maximum atomic E-state index is 12.5. The highest BCUT2D eigenvalue weighted by molar-refractivity contribution is 5.95. The summed E-state index contributed by atoms with van der Waals surface area (Å²) in [6.45, 7) is 2.90. The van der Waals surface area contributed by atoms with Gasteiger partial charge in [-0.15, -0.1) is 0 Å². The summed E-state index contributed by atoms with van der Waals surface area (Å²) in [7, 11) is 0.